The standard InChI is InChI=1S/C21H26O5/c1-14(2)5-8-18-11-17(7-10-20(23)24)12-19(21(18)25)9-6-15(3)13-26-16(4)22/h5-7,10-12,25H,8-9,13H2,1-4H3,(H,23,24)/b10-7+,15-6-. The number of ether oxygens (including phenoxy) is 1. The molecule has 0 aliphatic rings. The van der Waals surface area contributed by atoms with Gasteiger partial charge in [-0.2, -0.15) is 0 Å². The van der Waals surface area contributed by atoms with Crippen LogP contribution in [0.5, 0.6) is 5.75 Å². The van der Waals surface area contributed by atoms with Crippen LogP contribution in [0.25, 0.3) is 6.08 Å². The molecule has 0 aromatic heterocycles. The number of carboxylic acids is 1. The number of carboxylic acid groups (broad SMARTS) is 1. The number of allylic oxidation sites excluding steroid dienone is 3. The molecule has 26 heavy (non-hydrogen) atoms. The molecule has 0 bridgehead atoms. The van der Waals surface area contributed by atoms with E-state index in [0.29, 0.717) is 24.0 Å². The van der Waals surface area contributed by atoms with Gasteiger partial charge in [-0.25, -0.2) is 4.79 Å². The van der Waals surface area contributed by atoms with Gasteiger partial charge in [-0.3, -0.25) is 4.79 Å². The van der Waals surface area contributed by atoms with Crippen molar-refractivity contribution in [2.45, 2.75) is 40.5 Å². The van der Waals surface area contributed by atoms with Crippen LogP contribution in [0.2, 0.25) is 0 Å². The van der Waals surface area contributed by atoms with Gasteiger partial charge in [0.25, 0.3) is 0 Å². The van der Waals surface area contributed by atoms with Gasteiger partial charge in [0.15, 0.2) is 0 Å². The maximum absolute atomic E-state index is 10.9. The molecule has 0 saturated heterocycles. The van der Waals surface area contributed by atoms with Gasteiger partial charge in [0, 0.05) is 13.0 Å². The quantitative estimate of drug-likeness (QED) is 0.416. The van der Waals surface area contributed by atoms with E-state index >= 15 is 0 Å². The molecule has 5 heteroatoms. The third-order valence-electron chi connectivity index (χ3n) is 3.61. The van der Waals surface area contributed by atoms with E-state index in [1.54, 1.807) is 12.1 Å². The predicted molar refractivity (Wildman–Crippen MR) is 102 cm³/mol. The molecule has 0 spiro atoms. The van der Waals surface area contributed by atoms with Crippen LogP contribution in [0.3, 0.4) is 0 Å². The molecule has 5 nitrogen and oxygen atoms in total. The fourth-order valence-electron chi connectivity index (χ4n) is 2.23. The first-order valence-corrected chi connectivity index (χ1v) is 8.37. The van der Waals surface area contributed by atoms with Gasteiger partial charge in [-0.05, 0) is 74.1 Å². The molecular formula is C21H26O5. The summed E-state index contributed by atoms with van der Waals surface area (Å²) in [5.41, 5.74) is 4.14. The lowest BCUT2D eigenvalue weighted by Gasteiger charge is -2.11. The first-order valence-electron chi connectivity index (χ1n) is 8.37. The number of carbonyl (C=O) groups excluding carboxylic acids is 1. The molecule has 140 valence electrons. The van der Waals surface area contributed by atoms with Gasteiger partial charge in [0.2, 0.25) is 0 Å². The van der Waals surface area contributed by atoms with Gasteiger partial charge in [0.05, 0.1) is 0 Å². The Morgan fingerprint density at radius 1 is 1.04 bits per heavy atom. The molecule has 0 aliphatic heterocycles. The van der Waals surface area contributed by atoms with E-state index in [1.165, 1.54) is 13.0 Å². The highest BCUT2D eigenvalue weighted by Crippen LogP contribution is 2.27. The van der Waals surface area contributed by atoms with Gasteiger partial charge < -0.3 is 14.9 Å². The van der Waals surface area contributed by atoms with Crippen LogP contribution < -0.4 is 0 Å². The highest BCUT2D eigenvalue weighted by molar-refractivity contribution is 5.85. The largest absolute Gasteiger partial charge is 0.507 e. The highest BCUT2D eigenvalue weighted by atomic mass is 16.5. The van der Waals surface area contributed by atoms with E-state index in [0.717, 1.165) is 22.8 Å². The average molecular weight is 358 g/mol. The summed E-state index contributed by atoms with van der Waals surface area (Å²) in [7, 11) is 0. The number of aliphatic carboxylic acids is 1. The number of rotatable bonds is 8. The third kappa shape index (κ3) is 7.83. The van der Waals surface area contributed by atoms with Gasteiger partial charge in [-0.1, -0.05) is 17.7 Å². The van der Waals surface area contributed by atoms with E-state index < -0.39 is 5.97 Å². The summed E-state index contributed by atoms with van der Waals surface area (Å²) in [6, 6.07) is 3.55. The third-order valence-corrected chi connectivity index (χ3v) is 3.61. The molecular weight excluding hydrogens is 332 g/mol. The number of hydrogen-bond donors (Lipinski definition) is 2. The van der Waals surface area contributed by atoms with E-state index in [1.807, 2.05) is 32.9 Å². The summed E-state index contributed by atoms with van der Waals surface area (Å²) < 4.78 is 4.95. The zero-order chi connectivity index (χ0) is 19.7. The van der Waals surface area contributed by atoms with Gasteiger partial charge >= 0.3 is 11.9 Å². The maximum atomic E-state index is 10.9. The van der Waals surface area contributed by atoms with Crippen molar-refractivity contribution in [3.8, 4) is 5.75 Å². The summed E-state index contributed by atoms with van der Waals surface area (Å²) in [4.78, 5) is 21.6. The molecule has 0 unspecified atom stereocenters. The minimum absolute atomic E-state index is 0.200. The fraction of sp³-hybridized carbons (Fsp3) is 0.333. The van der Waals surface area contributed by atoms with Gasteiger partial charge in [0.1, 0.15) is 12.4 Å². The van der Waals surface area contributed by atoms with Crippen molar-refractivity contribution in [1.82, 2.24) is 0 Å². The second kappa shape index (κ2) is 10.2. The first-order chi connectivity index (χ1) is 12.2. The van der Waals surface area contributed by atoms with Crippen molar-refractivity contribution < 1.29 is 24.5 Å². The normalized spacial score (nSPS) is 11.5. The van der Waals surface area contributed by atoms with Crippen LogP contribution in [0.15, 0.2) is 41.5 Å². The Labute approximate surface area is 154 Å². The smallest absolute Gasteiger partial charge is 0.328 e. The van der Waals surface area contributed by atoms with E-state index in [-0.39, 0.29) is 18.3 Å². The Morgan fingerprint density at radius 2 is 1.62 bits per heavy atom. The van der Waals surface area contributed by atoms with E-state index in [2.05, 4.69) is 0 Å². The minimum atomic E-state index is -1.03. The second-order valence-corrected chi connectivity index (χ2v) is 6.38. The van der Waals surface area contributed by atoms with E-state index in [9.17, 15) is 14.7 Å². The van der Waals surface area contributed by atoms with Crippen LogP contribution in [0.1, 0.15) is 44.4 Å². The number of aromatic hydroxyl groups is 1. The Kier molecular flexibility index (Phi) is 8.35. The molecule has 0 amide bonds. The molecule has 0 fully saturated rings. The Hall–Kier alpha value is -2.82. The molecule has 1 aromatic carbocycles. The lowest BCUT2D eigenvalue weighted by molar-refractivity contribution is -0.140. The van der Waals surface area contributed by atoms with Crippen molar-refractivity contribution in [2.24, 2.45) is 0 Å². The van der Waals surface area contributed by atoms with Crippen LogP contribution in [0, 0.1) is 0 Å². The Bertz CT molecular complexity index is 750. The SMILES string of the molecule is CC(=O)OC/C(C)=C\Cc1cc(/C=C/C(=O)O)cc(CC=C(C)C)c1O. The van der Waals surface area contributed by atoms with Crippen LogP contribution in [-0.2, 0) is 27.2 Å². The number of phenols is 1. The molecule has 1 aromatic rings. The predicted octanol–water partition coefficient (Wildman–Crippen LogP) is 4.05. The average Bonchev–Trinajstić information content (AvgIpc) is 2.56. The topological polar surface area (TPSA) is 83.8 Å². The summed E-state index contributed by atoms with van der Waals surface area (Å²) in [5.74, 6) is -1.17. The fourth-order valence-corrected chi connectivity index (χ4v) is 2.23. The lowest BCUT2D eigenvalue weighted by Crippen LogP contribution is -2.01. The monoisotopic (exact) mass is 358 g/mol. The Morgan fingerprint density at radius 3 is 2.12 bits per heavy atom. The van der Waals surface area contributed by atoms with Crippen molar-refractivity contribution in [3.63, 3.8) is 0 Å². The highest BCUT2D eigenvalue weighted by Gasteiger charge is 2.09. The summed E-state index contributed by atoms with van der Waals surface area (Å²) in [6.45, 7) is 7.37. The zero-order valence-electron chi connectivity index (χ0n) is 15.7. The number of benzene rings is 1. The maximum Gasteiger partial charge on any atom is 0.328 e. The van der Waals surface area contributed by atoms with Crippen molar-refractivity contribution in [3.05, 3.63) is 58.2 Å². The van der Waals surface area contributed by atoms with Crippen LogP contribution >= 0.6 is 0 Å². The summed E-state index contributed by atoms with van der Waals surface area (Å²) >= 11 is 0. The van der Waals surface area contributed by atoms with Crippen LogP contribution in [-0.4, -0.2) is 28.8 Å². The molecule has 0 saturated carbocycles. The first kappa shape index (κ1) is 21.2. The number of carbonyl (C=O) groups is 2. The summed E-state index contributed by atoms with van der Waals surface area (Å²) in [5, 5.41) is 19.4. The molecule has 0 atom stereocenters. The van der Waals surface area contributed by atoms with Crippen molar-refractivity contribution >= 4 is 18.0 Å². The molecule has 0 aliphatic carbocycles. The van der Waals surface area contributed by atoms with Crippen molar-refractivity contribution in [2.75, 3.05) is 6.61 Å². The molecule has 2 N–H and O–H groups in total. The molecule has 1 rings (SSSR count). The van der Waals surface area contributed by atoms with Crippen LogP contribution in [0.4, 0.5) is 0 Å². The molecule has 0 heterocycles. The van der Waals surface area contributed by atoms with Crippen molar-refractivity contribution in [1.29, 1.82) is 0 Å². The summed E-state index contributed by atoms with van der Waals surface area (Å²) in [6.07, 6.45) is 7.48. The second-order valence-electron chi connectivity index (χ2n) is 6.38. The van der Waals surface area contributed by atoms with Gasteiger partial charge in [-0.15, -0.1) is 0 Å². The Balaban J connectivity index is 3.14. The number of esters is 1. The number of phenolic OH excluding ortho intramolecular Hbond substituents is 1. The molecule has 0 radical (unpaired) electrons. The number of hydrogen-bond acceptors (Lipinski definition) is 4. The zero-order valence-corrected chi connectivity index (χ0v) is 15.7. The minimum Gasteiger partial charge on any atom is -0.507 e. The lowest BCUT2D eigenvalue weighted by atomic mass is 9.98. The van der Waals surface area contributed by atoms with E-state index in [4.69, 9.17) is 9.84 Å².